The predicted molar refractivity (Wildman–Crippen MR) is 131 cm³/mol. The summed E-state index contributed by atoms with van der Waals surface area (Å²) >= 11 is 0. The maximum Gasteiger partial charge on any atom is 0.339 e. The Morgan fingerprint density at radius 1 is 0.971 bits per heavy atom. The molecule has 6 nitrogen and oxygen atoms in total. The molecule has 1 fully saturated rings. The van der Waals surface area contributed by atoms with E-state index in [0.717, 1.165) is 12.2 Å². The van der Waals surface area contributed by atoms with E-state index in [-0.39, 0.29) is 23.8 Å². The van der Waals surface area contributed by atoms with E-state index in [0.29, 0.717) is 12.7 Å². The molecule has 0 saturated carbocycles. The number of esters is 1. The summed E-state index contributed by atoms with van der Waals surface area (Å²) in [6, 6.07) is 21.4. The molecule has 0 aromatic heterocycles. The molecule has 7 rings (SSSR count). The van der Waals surface area contributed by atoms with Crippen molar-refractivity contribution in [2.24, 2.45) is 0 Å². The van der Waals surface area contributed by atoms with Crippen LogP contribution in [-0.2, 0) is 15.9 Å². The van der Waals surface area contributed by atoms with Crippen LogP contribution in [-0.4, -0.2) is 36.4 Å². The standard InChI is InChI=1S/C18H14O.C11H10O5/c1-2-6-13-12(4-1)10-16-18-14(13)9-8-11-5-3-7-15(19-16)17(11)18;12-10(13)8-3-1-2-4-9(8)11(14)16-6-7-5-15-7/h1-2,4,6,8-10,15H,3,5,7H2;1-4,7H,5-6H2,(H,12,13). The number of carbonyl (C=O) groups excluding carboxylic acids is 1. The summed E-state index contributed by atoms with van der Waals surface area (Å²) in [5.41, 5.74) is 2.99. The molecular weight excluding hydrogens is 444 g/mol. The van der Waals surface area contributed by atoms with Gasteiger partial charge < -0.3 is 19.3 Å². The normalized spacial score (nSPS) is 19.0. The fourth-order valence-electron chi connectivity index (χ4n) is 5.06. The highest BCUT2D eigenvalue weighted by Gasteiger charge is 2.31. The molecule has 4 aromatic rings. The minimum absolute atomic E-state index is 0.0269. The van der Waals surface area contributed by atoms with Crippen LogP contribution in [0.2, 0.25) is 0 Å². The lowest BCUT2D eigenvalue weighted by atomic mass is 9.86. The number of epoxide rings is 1. The summed E-state index contributed by atoms with van der Waals surface area (Å²) in [5.74, 6) is -0.679. The van der Waals surface area contributed by atoms with Gasteiger partial charge in [-0.3, -0.25) is 0 Å². The first-order valence-corrected chi connectivity index (χ1v) is 11.8. The highest BCUT2D eigenvalue weighted by atomic mass is 16.6. The molecule has 6 heteroatoms. The van der Waals surface area contributed by atoms with Gasteiger partial charge in [-0.2, -0.15) is 0 Å². The first-order chi connectivity index (χ1) is 17.1. The Morgan fingerprint density at radius 3 is 2.54 bits per heavy atom. The van der Waals surface area contributed by atoms with Crippen LogP contribution in [0.3, 0.4) is 0 Å². The number of ether oxygens (including phenoxy) is 3. The van der Waals surface area contributed by atoms with E-state index in [4.69, 9.17) is 19.3 Å². The van der Waals surface area contributed by atoms with Crippen LogP contribution >= 0.6 is 0 Å². The van der Waals surface area contributed by atoms with Gasteiger partial charge >= 0.3 is 11.9 Å². The molecule has 0 bridgehead atoms. The summed E-state index contributed by atoms with van der Waals surface area (Å²) in [7, 11) is 0. The highest BCUT2D eigenvalue weighted by molar-refractivity contribution is 6.12. The van der Waals surface area contributed by atoms with Gasteiger partial charge in [0.25, 0.3) is 0 Å². The lowest BCUT2D eigenvalue weighted by Gasteiger charge is -2.20. The topological polar surface area (TPSA) is 85.4 Å². The van der Waals surface area contributed by atoms with Crippen molar-refractivity contribution < 1.29 is 28.9 Å². The van der Waals surface area contributed by atoms with Crippen LogP contribution < -0.4 is 4.74 Å². The SMILES string of the molecule is O=C(O)c1ccccc1C(=O)OCC1CO1.c1ccc2c(c1)cc1c3c4c(ccc32)CCCC4O1. The van der Waals surface area contributed by atoms with Crippen molar-refractivity contribution in [2.45, 2.75) is 31.5 Å². The predicted octanol–water partition coefficient (Wildman–Crippen LogP) is 5.70. The molecule has 0 spiro atoms. The molecule has 0 radical (unpaired) electrons. The molecule has 35 heavy (non-hydrogen) atoms. The number of hydrogen-bond donors (Lipinski definition) is 1. The fourth-order valence-corrected chi connectivity index (χ4v) is 5.06. The molecule has 2 atom stereocenters. The number of fused-ring (bicyclic) bond motifs is 2. The van der Waals surface area contributed by atoms with Crippen molar-refractivity contribution >= 4 is 33.5 Å². The van der Waals surface area contributed by atoms with Crippen LogP contribution in [0.5, 0.6) is 5.75 Å². The van der Waals surface area contributed by atoms with Gasteiger partial charge in [0.2, 0.25) is 0 Å². The number of aromatic carboxylic acids is 1. The molecule has 176 valence electrons. The average molecular weight is 469 g/mol. The second-order valence-corrected chi connectivity index (χ2v) is 9.06. The highest BCUT2D eigenvalue weighted by Crippen LogP contribution is 2.49. The second kappa shape index (κ2) is 8.71. The number of carboxylic acids is 1. The first kappa shape index (κ1) is 21.6. The van der Waals surface area contributed by atoms with Crippen molar-refractivity contribution in [3.05, 3.63) is 89.0 Å². The van der Waals surface area contributed by atoms with Crippen molar-refractivity contribution in [3.8, 4) is 5.75 Å². The molecule has 2 heterocycles. The van der Waals surface area contributed by atoms with Gasteiger partial charge in [-0.15, -0.1) is 0 Å². The van der Waals surface area contributed by atoms with Crippen LogP contribution in [0, 0.1) is 0 Å². The van der Waals surface area contributed by atoms with E-state index < -0.39 is 11.9 Å². The monoisotopic (exact) mass is 468 g/mol. The lowest BCUT2D eigenvalue weighted by Crippen LogP contribution is -2.14. The van der Waals surface area contributed by atoms with E-state index in [1.165, 1.54) is 57.6 Å². The smallest absolute Gasteiger partial charge is 0.339 e. The molecule has 4 aromatic carbocycles. The van der Waals surface area contributed by atoms with E-state index in [1.807, 2.05) is 0 Å². The lowest BCUT2D eigenvalue weighted by molar-refractivity contribution is 0.0467. The summed E-state index contributed by atoms with van der Waals surface area (Å²) < 4.78 is 16.0. The van der Waals surface area contributed by atoms with Gasteiger partial charge in [0.1, 0.15) is 24.6 Å². The second-order valence-electron chi connectivity index (χ2n) is 9.06. The van der Waals surface area contributed by atoms with Crippen LogP contribution in [0.1, 0.15) is 50.8 Å². The van der Waals surface area contributed by atoms with Crippen molar-refractivity contribution in [1.29, 1.82) is 0 Å². The Kier molecular flexibility index (Phi) is 5.38. The number of benzene rings is 4. The molecule has 1 saturated heterocycles. The zero-order valence-electron chi connectivity index (χ0n) is 19.0. The molecule has 1 N–H and O–H groups in total. The summed E-state index contributed by atoms with van der Waals surface area (Å²) in [6.45, 7) is 0.765. The van der Waals surface area contributed by atoms with E-state index in [1.54, 1.807) is 12.1 Å². The Labute approximate surface area is 202 Å². The van der Waals surface area contributed by atoms with Crippen molar-refractivity contribution in [3.63, 3.8) is 0 Å². The van der Waals surface area contributed by atoms with Crippen LogP contribution in [0.25, 0.3) is 21.5 Å². The largest absolute Gasteiger partial charge is 0.485 e. The first-order valence-electron chi connectivity index (χ1n) is 11.8. The average Bonchev–Trinajstić information content (AvgIpc) is 3.65. The quantitative estimate of drug-likeness (QED) is 0.235. The molecule has 1 aliphatic carbocycles. The Hall–Kier alpha value is -3.90. The maximum atomic E-state index is 11.6. The van der Waals surface area contributed by atoms with Gasteiger partial charge in [-0.05, 0) is 59.2 Å². The molecule has 2 aliphatic heterocycles. The fraction of sp³-hybridized carbons (Fsp3) is 0.241. The van der Waals surface area contributed by atoms with Crippen molar-refractivity contribution in [2.75, 3.05) is 13.2 Å². The molecular formula is C29H24O6. The Morgan fingerprint density at radius 2 is 1.74 bits per heavy atom. The molecule has 0 amide bonds. The third kappa shape index (κ3) is 4.00. The van der Waals surface area contributed by atoms with E-state index in [2.05, 4.69) is 42.5 Å². The number of rotatable bonds is 4. The summed E-state index contributed by atoms with van der Waals surface area (Å²) in [5, 5.41) is 14.2. The van der Waals surface area contributed by atoms with E-state index in [9.17, 15) is 9.59 Å². The third-order valence-electron chi connectivity index (χ3n) is 6.80. The van der Waals surface area contributed by atoms with Gasteiger partial charge in [-0.1, -0.05) is 48.5 Å². The minimum Gasteiger partial charge on any atom is -0.485 e. The molecule has 3 aliphatic rings. The van der Waals surface area contributed by atoms with Gasteiger partial charge in [0.15, 0.2) is 0 Å². The number of carbonyl (C=O) groups is 2. The van der Waals surface area contributed by atoms with Gasteiger partial charge in [0, 0.05) is 10.9 Å². The van der Waals surface area contributed by atoms with Gasteiger partial charge in [0.05, 0.1) is 17.7 Å². The van der Waals surface area contributed by atoms with Crippen molar-refractivity contribution in [1.82, 2.24) is 0 Å². The van der Waals surface area contributed by atoms with E-state index >= 15 is 0 Å². The zero-order valence-corrected chi connectivity index (χ0v) is 19.0. The number of aryl methyl sites for hydroxylation is 1. The Balaban J connectivity index is 0.000000133. The summed E-state index contributed by atoms with van der Waals surface area (Å²) in [6.07, 6.45) is 3.89. The summed E-state index contributed by atoms with van der Waals surface area (Å²) in [4.78, 5) is 22.4. The maximum absolute atomic E-state index is 11.6. The van der Waals surface area contributed by atoms with Crippen LogP contribution in [0.15, 0.2) is 66.7 Å². The number of hydrogen-bond acceptors (Lipinski definition) is 5. The number of carboxylic acid groups (broad SMARTS) is 1. The minimum atomic E-state index is -1.14. The molecule has 2 unspecified atom stereocenters. The third-order valence-corrected chi connectivity index (χ3v) is 6.80. The van der Waals surface area contributed by atoms with Crippen LogP contribution in [0.4, 0.5) is 0 Å². The Bertz CT molecular complexity index is 1470. The zero-order chi connectivity index (χ0) is 23.9. The van der Waals surface area contributed by atoms with Gasteiger partial charge in [-0.25, -0.2) is 9.59 Å².